The van der Waals surface area contributed by atoms with E-state index in [1.807, 2.05) is 33.8 Å². The molecule has 0 atom stereocenters. The number of benzene rings is 1. The summed E-state index contributed by atoms with van der Waals surface area (Å²) in [6.45, 7) is 9.43. The normalized spacial score (nSPS) is 13.5. The van der Waals surface area contributed by atoms with Crippen molar-refractivity contribution in [1.29, 1.82) is 5.26 Å². The molecule has 122 valence electrons. The molecule has 3 nitrogen and oxygen atoms in total. The van der Waals surface area contributed by atoms with Gasteiger partial charge in [0.25, 0.3) is 5.91 Å². The molecule has 0 radical (unpaired) electrons. The van der Waals surface area contributed by atoms with Gasteiger partial charge in [0.15, 0.2) is 11.6 Å². The highest BCUT2D eigenvalue weighted by Crippen LogP contribution is 2.38. The summed E-state index contributed by atoms with van der Waals surface area (Å²) in [6.07, 6.45) is 1.58. The number of carbonyl (C=O) groups excluding carboxylic acids is 1. The van der Waals surface area contributed by atoms with Crippen molar-refractivity contribution >= 4 is 5.91 Å². The summed E-state index contributed by atoms with van der Waals surface area (Å²) < 4.78 is 26.9. The Kier molecular flexibility index (Phi) is 8.32. The lowest BCUT2D eigenvalue weighted by Crippen LogP contribution is -2.37. The average molecular weight is 310 g/mol. The van der Waals surface area contributed by atoms with Crippen molar-refractivity contribution in [3.05, 3.63) is 34.9 Å². The Morgan fingerprint density at radius 2 is 1.77 bits per heavy atom. The van der Waals surface area contributed by atoms with Gasteiger partial charge in [-0.05, 0) is 31.4 Å². The fourth-order valence-corrected chi connectivity index (χ4v) is 1.78. The molecule has 1 aromatic carbocycles. The molecule has 0 spiro atoms. The minimum absolute atomic E-state index is 0.155. The third-order valence-corrected chi connectivity index (χ3v) is 3.17. The average Bonchev–Trinajstić information content (AvgIpc) is 3.28. The summed E-state index contributed by atoms with van der Waals surface area (Å²) in [5, 5.41) is 11.2. The summed E-state index contributed by atoms with van der Waals surface area (Å²) in [7, 11) is 0. The second-order valence-electron chi connectivity index (χ2n) is 4.63. The zero-order chi connectivity index (χ0) is 17.3. The number of nitriles is 1. The Labute approximate surface area is 131 Å². The summed E-state index contributed by atoms with van der Waals surface area (Å²) in [4.78, 5) is 11.8. The van der Waals surface area contributed by atoms with E-state index in [2.05, 4.69) is 5.32 Å². The quantitative estimate of drug-likeness (QED) is 0.893. The molecule has 2 rings (SSSR count). The van der Waals surface area contributed by atoms with Crippen molar-refractivity contribution in [1.82, 2.24) is 5.32 Å². The molecule has 0 heterocycles. The van der Waals surface area contributed by atoms with Crippen LogP contribution in [0.1, 0.15) is 62.9 Å². The molecule has 1 aliphatic rings. The maximum absolute atomic E-state index is 13.6. The van der Waals surface area contributed by atoms with Gasteiger partial charge in [0.1, 0.15) is 0 Å². The van der Waals surface area contributed by atoms with Gasteiger partial charge in [-0.1, -0.05) is 33.8 Å². The first-order valence-corrected chi connectivity index (χ1v) is 7.63. The maximum atomic E-state index is 13.6. The second kappa shape index (κ2) is 9.14. The number of rotatable bonds is 3. The van der Waals surface area contributed by atoms with Crippen LogP contribution in [-0.2, 0) is 0 Å². The van der Waals surface area contributed by atoms with Gasteiger partial charge in [-0.2, -0.15) is 5.26 Å². The molecule has 22 heavy (non-hydrogen) atoms. The van der Waals surface area contributed by atoms with E-state index in [9.17, 15) is 13.6 Å². The Hall–Kier alpha value is -1.96. The lowest BCUT2D eigenvalue weighted by Gasteiger charge is -2.14. The lowest BCUT2D eigenvalue weighted by atomic mass is 10.1. The fraction of sp³-hybridized carbons (Fsp3) is 0.529. The van der Waals surface area contributed by atoms with E-state index in [4.69, 9.17) is 5.26 Å². The van der Waals surface area contributed by atoms with Gasteiger partial charge < -0.3 is 5.32 Å². The van der Waals surface area contributed by atoms with Gasteiger partial charge in [-0.15, -0.1) is 0 Å². The number of halogens is 2. The van der Waals surface area contributed by atoms with Gasteiger partial charge in [0.2, 0.25) is 0 Å². The smallest absolute Gasteiger partial charge is 0.254 e. The summed E-state index contributed by atoms with van der Waals surface area (Å²) in [6, 6.07) is 4.59. The minimum Gasteiger partial charge on any atom is -0.345 e. The second-order valence-corrected chi connectivity index (χ2v) is 4.63. The predicted molar refractivity (Wildman–Crippen MR) is 83.5 cm³/mol. The van der Waals surface area contributed by atoms with Crippen molar-refractivity contribution in [3.8, 4) is 6.07 Å². The minimum atomic E-state index is -1.14. The molecule has 0 saturated heterocycles. The van der Waals surface area contributed by atoms with Crippen LogP contribution in [0.5, 0.6) is 0 Å². The summed E-state index contributed by atoms with van der Waals surface area (Å²) in [5.41, 5.74) is -0.705. The zero-order valence-corrected chi connectivity index (χ0v) is 13.9. The van der Waals surface area contributed by atoms with Crippen LogP contribution in [0.3, 0.4) is 0 Å². The van der Waals surface area contributed by atoms with Crippen LogP contribution in [0, 0.1) is 29.9 Å². The van der Waals surface area contributed by atoms with E-state index in [1.165, 1.54) is 19.1 Å². The van der Waals surface area contributed by atoms with Gasteiger partial charge in [-0.25, -0.2) is 8.78 Å². The Morgan fingerprint density at radius 1 is 1.23 bits per heavy atom. The van der Waals surface area contributed by atoms with E-state index in [0.717, 1.165) is 0 Å². The summed E-state index contributed by atoms with van der Waals surface area (Å²) in [5.74, 6) is -2.81. The van der Waals surface area contributed by atoms with Gasteiger partial charge in [-0.3, -0.25) is 4.79 Å². The van der Waals surface area contributed by atoms with Crippen LogP contribution in [0.4, 0.5) is 8.78 Å². The summed E-state index contributed by atoms with van der Waals surface area (Å²) >= 11 is 0. The van der Waals surface area contributed by atoms with Crippen molar-refractivity contribution in [2.75, 3.05) is 0 Å². The SMILES string of the molecule is CC.CC.Cc1ccc(C(=O)NC2(CC#N)CC2)c(F)c1F. The highest BCUT2D eigenvalue weighted by molar-refractivity contribution is 5.95. The topological polar surface area (TPSA) is 52.9 Å². The van der Waals surface area contributed by atoms with E-state index < -0.39 is 23.1 Å². The molecular formula is C17H24F2N2O. The van der Waals surface area contributed by atoms with Crippen LogP contribution >= 0.6 is 0 Å². The number of nitrogens with zero attached hydrogens (tertiary/aromatic N) is 1. The Balaban J connectivity index is 0.00000102. The molecule has 0 bridgehead atoms. The molecule has 5 heteroatoms. The Morgan fingerprint density at radius 3 is 2.23 bits per heavy atom. The molecule has 0 aliphatic heterocycles. The number of nitrogens with one attached hydrogen (secondary N) is 1. The molecule has 1 fully saturated rings. The fourth-order valence-electron chi connectivity index (χ4n) is 1.78. The number of aryl methyl sites for hydroxylation is 1. The number of amides is 1. The van der Waals surface area contributed by atoms with Crippen LogP contribution in [-0.4, -0.2) is 11.4 Å². The molecule has 0 aromatic heterocycles. The van der Waals surface area contributed by atoms with Crippen molar-refractivity contribution in [3.63, 3.8) is 0 Å². The van der Waals surface area contributed by atoms with Gasteiger partial charge in [0.05, 0.1) is 23.6 Å². The standard InChI is InChI=1S/C13H12F2N2O.2C2H6/c1-8-2-3-9(11(15)10(8)14)12(18)17-13(4-5-13)6-7-16;2*1-2/h2-3H,4-6H2,1H3,(H,17,18);2*1-2H3. The first-order valence-electron chi connectivity index (χ1n) is 7.63. The monoisotopic (exact) mass is 310 g/mol. The molecule has 1 amide bonds. The first-order chi connectivity index (χ1) is 10.5. The highest BCUT2D eigenvalue weighted by Gasteiger charge is 2.44. The van der Waals surface area contributed by atoms with Crippen LogP contribution < -0.4 is 5.32 Å². The van der Waals surface area contributed by atoms with Crippen molar-refractivity contribution < 1.29 is 13.6 Å². The Bertz CT molecular complexity index is 546. The third kappa shape index (κ3) is 4.80. The van der Waals surface area contributed by atoms with Gasteiger partial charge >= 0.3 is 0 Å². The highest BCUT2D eigenvalue weighted by atomic mass is 19.2. The van der Waals surface area contributed by atoms with E-state index in [1.54, 1.807) is 0 Å². The lowest BCUT2D eigenvalue weighted by molar-refractivity contribution is 0.0927. The molecule has 1 aromatic rings. The van der Waals surface area contributed by atoms with Crippen LogP contribution in [0.25, 0.3) is 0 Å². The molecule has 1 N–H and O–H groups in total. The number of hydrogen-bond acceptors (Lipinski definition) is 2. The van der Waals surface area contributed by atoms with Crippen LogP contribution in [0.15, 0.2) is 12.1 Å². The van der Waals surface area contributed by atoms with E-state index in [0.29, 0.717) is 12.8 Å². The van der Waals surface area contributed by atoms with E-state index >= 15 is 0 Å². The molecule has 1 aliphatic carbocycles. The molecule has 0 unspecified atom stereocenters. The zero-order valence-electron chi connectivity index (χ0n) is 13.9. The number of carbonyl (C=O) groups is 1. The largest absolute Gasteiger partial charge is 0.345 e. The van der Waals surface area contributed by atoms with Crippen molar-refractivity contribution in [2.45, 2.75) is 59.4 Å². The van der Waals surface area contributed by atoms with E-state index in [-0.39, 0.29) is 17.5 Å². The molecule has 1 saturated carbocycles. The van der Waals surface area contributed by atoms with Crippen molar-refractivity contribution in [2.24, 2.45) is 0 Å². The maximum Gasteiger partial charge on any atom is 0.254 e. The van der Waals surface area contributed by atoms with Crippen LogP contribution in [0.2, 0.25) is 0 Å². The molecular weight excluding hydrogens is 286 g/mol. The third-order valence-electron chi connectivity index (χ3n) is 3.17. The first kappa shape index (κ1) is 20.0. The van der Waals surface area contributed by atoms with Gasteiger partial charge in [0, 0.05) is 0 Å². The number of hydrogen-bond donors (Lipinski definition) is 1. The predicted octanol–water partition coefficient (Wildman–Crippen LogP) is 4.50.